The summed E-state index contributed by atoms with van der Waals surface area (Å²) in [6.45, 7) is 5.19. The molecule has 0 radical (unpaired) electrons. The van der Waals surface area contributed by atoms with E-state index < -0.39 is 10.0 Å². The van der Waals surface area contributed by atoms with Crippen LogP contribution in [-0.2, 0) is 10.0 Å². The Morgan fingerprint density at radius 1 is 1.40 bits per heavy atom. The standard InChI is InChI=1S/C10H22N2O2S/c1-3-4-5-15(13,14)12-7-9(2)6-10(11)8-12/h9-10H,3-8,11H2,1-2H3. The lowest BCUT2D eigenvalue weighted by Gasteiger charge is -2.33. The largest absolute Gasteiger partial charge is 0.326 e. The Bertz CT molecular complexity index is 280. The third-order valence-corrected chi connectivity index (χ3v) is 4.70. The van der Waals surface area contributed by atoms with Gasteiger partial charge in [-0.25, -0.2) is 12.7 Å². The van der Waals surface area contributed by atoms with E-state index in [4.69, 9.17) is 5.73 Å². The Labute approximate surface area is 92.9 Å². The van der Waals surface area contributed by atoms with Crippen LogP contribution in [0, 0.1) is 5.92 Å². The fraction of sp³-hybridized carbons (Fsp3) is 1.00. The van der Waals surface area contributed by atoms with E-state index in [1.54, 1.807) is 4.31 Å². The highest BCUT2D eigenvalue weighted by molar-refractivity contribution is 7.89. The summed E-state index contributed by atoms with van der Waals surface area (Å²) in [7, 11) is -3.06. The van der Waals surface area contributed by atoms with Gasteiger partial charge in [-0.15, -0.1) is 0 Å². The second-order valence-corrected chi connectivity index (χ2v) is 6.68. The molecule has 0 aromatic carbocycles. The normalized spacial score (nSPS) is 29.3. The maximum absolute atomic E-state index is 11.9. The summed E-state index contributed by atoms with van der Waals surface area (Å²) in [5, 5.41) is 0. The highest BCUT2D eigenvalue weighted by Gasteiger charge is 2.29. The molecule has 0 aliphatic carbocycles. The third kappa shape index (κ3) is 3.74. The molecule has 1 saturated heterocycles. The number of piperidine rings is 1. The van der Waals surface area contributed by atoms with Crippen LogP contribution in [0.5, 0.6) is 0 Å². The summed E-state index contributed by atoms with van der Waals surface area (Å²) < 4.78 is 25.4. The molecule has 1 heterocycles. The Hall–Kier alpha value is -0.130. The van der Waals surface area contributed by atoms with Gasteiger partial charge in [-0.1, -0.05) is 20.3 Å². The number of unbranched alkanes of at least 4 members (excludes halogenated alkanes) is 1. The Morgan fingerprint density at radius 3 is 2.60 bits per heavy atom. The molecule has 0 bridgehead atoms. The predicted molar refractivity (Wildman–Crippen MR) is 62.0 cm³/mol. The van der Waals surface area contributed by atoms with E-state index in [0.29, 0.717) is 19.0 Å². The first-order valence-corrected chi connectivity index (χ1v) is 7.30. The van der Waals surface area contributed by atoms with Gasteiger partial charge >= 0.3 is 0 Å². The van der Waals surface area contributed by atoms with Gasteiger partial charge in [-0.3, -0.25) is 0 Å². The fourth-order valence-corrected chi connectivity index (χ4v) is 3.84. The molecule has 1 rings (SSSR count). The molecule has 2 N–H and O–H groups in total. The number of nitrogens with zero attached hydrogens (tertiary/aromatic N) is 1. The van der Waals surface area contributed by atoms with E-state index in [1.165, 1.54) is 0 Å². The summed E-state index contributed by atoms with van der Waals surface area (Å²) in [6.07, 6.45) is 2.58. The van der Waals surface area contributed by atoms with Crippen LogP contribution in [0.2, 0.25) is 0 Å². The summed E-state index contributed by atoms with van der Waals surface area (Å²) in [5.41, 5.74) is 5.83. The van der Waals surface area contributed by atoms with Crippen LogP contribution in [0.25, 0.3) is 0 Å². The average molecular weight is 234 g/mol. The SMILES string of the molecule is CCCCS(=O)(=O)N1CC(C)CC(N)C1. The number of sulfonamides is 1. The molecule has 0 aromatic heterocycles. The van der Waals surface area contributed by atoms with Gasteiger partial charge in [0.2, 0.25) is 10.0 Å². The van der Waals surface area contributed by atoms with Crippen LogP contribution in [0.4, 0.5) is 0 Å². The minimum atomic E-state index is -3.06. The van der Waals surface area contributed by atoms with Crippen LogP contribution in [-0.4, -0.2) is 37.6 Å². The van der Waals surface area contributed by atoms with Crippen molar-refractivity contribution in [3.8, 4) is 0 Å². The number of hydrogen-bond acceptors (Lipinski definition) is 3. The maximum Gasteiger partial charge on any atom is 0.214 e. The zero-order valence-corrected chi connectivity index (χ0v) is 10.5. The van der Waals surface area contributed by atoms with Crippen molar-refractivity contribution < 1.29 is 8.42 Å². The van der Waals surface area contributed by atoms with Crippen LogP contribution in [0.3, 0.4) is 0 Å². The fourth-order valence-electron chi connectivity index (χ4n) is 2.03. The highest BCUT2D eigenvalue weighted by Crippen LogP contribution is 2.18. The molecule has 2 unspecified atom stereocenters. The first-order valence-electron chi connectivity index (χ1n) is 5.69. The van der Waals surface area contributed by atoms with E-state index in [2.05, 4.69) is 6.92 Å². The quantitative estimate of drug-likeness (QED) is 0.782. The van der Waals surface area contributed by atoms with Crippen molar-refractivity contribution >= 4 is 10.0 Å². The molecule has 0 amide bonds. The molecular formula is C10H22N2O2S. The minimum absolute atomic E-state index is 0.00477. The number of hydrogen-bond donors (Lipinski definition) is 1. The Kier molecular flexibility index (Phi) is 4.55. The lowest BCUT2D eigenvalue weighted by atomic mass is 9.99. The molecule has 1 aliphatic heterocycles. The van der Waals surface area contributed by atoms with Crippen molar-refractivity contribution in [1.82, 2.24) is 4.31 Å². The summed E-state index contributed by atoms with van der Waals surface area (Å²) in [5.74, 6) is 0.647. The maximum atomic E-state index is 11.9. The zero-order valence-electron chi connectivity index (χ0n) is 9.65. The molecule has 0 spiro atoms. The van der Waals surface area contributed by atoms with Gasteiger partial charge in [0, 0.05) is 19.1 Å². The van der Waals surface area contributed by atoms with E-state index in [-0.39, 0.29) is 11.8 Å². The average Bonchev–Trinajstić information content (AvgIpc) is 2.13. The summed E-state index contributed by atoms with van der Waals surface area (Å²) in [6, 6.07) is 0.00477. The summed E-state index contributed by atoms with van der Waals surface area (Å²) in [4.78, 5) is 0. The van der Waals surface area contributed by atoms with Gasteiger partial charge in [0.25, 0.3) is 0 Å². The first-order chi connectivity index (χ1) is 6.95. The van der Waals surface area contributed by atoms with Crippen LogP contribution < -0.4 is 5.73 Å². The molecule has 0 aromatic rings. The van der Waals surface area contributed by atoms with Crippen molar-refractivity contribution in [2.75, 3.05) is 18.8 Å². The van der Waals surface area contributed by atoms with Crippen LogP contribution in [0.15, 0.2) is 0 Å². The van der Waals surface area contributed by atoms with Crippen molar-refractivity contribution in [3.05, 3.63) is 0 Å². The smallest absolute Gasteiger partial charge is 0.214 e. The molecule has 0 saturated carbocycles. The Morgan fingerprint density at radius 2 is 2.07 bits per heavy atom. The van der Waals surface area contributed by atoms with Gasteiger partial charge in [0.05, 0.1) is 5.75 Å². The molecule has 1 aliphatic rings. The van der Waals surface area contributed by atoms with Gasteiger partial charge in [0.1, 0.15) is 0 Å². The predicted octanol–water partition coefficient (Wildman–Crippen LogP) is 0.785. The van der Waals surface area contributed by atoms with Crippen molar-refractivity contribution in [3.63, 3.8) is 0 Å². The molecule has 90 valence electrons. The van der Waals surface area contributed by atoms with Crippen LogP contribution in [0.1, 0.15) is 33.1 Å². The van der Waals surface area contributed by atoms with Gasteiger partial charge in [0.15, 0.2) is 0 Å². The van der Waals surface area contributed by atoms with Crippen LogP contribution >= 0.6 is 0 Å². The molecule has 15 heavy (non-hydrogen) atoms. The van der Waals surface area contributed by atoms with Crippen molar-refractivity contribution in [1.29, 1.82) is 0 Å². The third-order valence-electron chi connectivity index (χ3n) is 2.81. The molecule has 4 nitrogen and oxygen atoms in total. The van der Waals surface area contributed by atoms with E-state index in [9.17, 15) is 8.42 Å². The summed E-state index contributed by atoms with van der Waals surface area (Å²) >= 11 is 0. The van der Waals surface area contributed by atoms with Gasteiger partial charge in [-0.05, 0) is 18.8 Å². The second kappa shape index (κ2) is 5.27. The van der Waals surface area contributed by atoms with E-state index in [1.807, 2.05) is 6.92 Å². The van der Waals surface area contributed by atoms with Crippen molar-refractivity contribution in [2.24, 2.45) is 11.7 Å². The molecular weight excluding hydrogens is 212 g/mol. The molecule has 2 atom stereocenters. The van der Waals surface area contributed by atoms with Gasteiger partial charge in [-0.2, -0.15) is 0 Å². The molecule has 5 heteroatoms. The monoisotopic (exact) mass is 234 g/mol. The minimum Gasteiger partial charge on any atom is -0.326 e. The first kappa shape index (κ1) is 12.9. The van der Waals surface area contributed by atoms with E-state index in [0.717, 1.165) is 19.3 Å². The molecule has 1 fully saturated rings. The van der Waals surface area contributed by atoms with E-state index >= 15 is 0 Å². The van der Waals surface area contributed by atoms with Gasteiger partial charge < -0.3 is 5.73 Å². The topological polar surface area (TPSA) is 63.4 Å². The zero-order chi connectivity index (χ0) is 11.5. The van der Waals surface area contributed by atoms with Crippen molar-refractivity contribution in [2.45, 2.75) is 39.2 Å². The highest BCUT2D eigenvalue weighted by atomic mass is 32.2. The number of rotatable bonds is 4. The lowest BCUT2D eigenvalue weighted by molar-refractivity contribution is 0.254. The second-order valence-electron chi connectivity index (χ2n) is 4.59. The Balaban J connectivity index is 2.61. The lowest BCUT2D eigenvalue weighted by Crippen LogP contribution is -2.49. The number of nitrogens with two attached hydrogens (primary N) is 1.